The monoisotopic (exact) mass is 154 g/mol. The molecule has 50 valence electrons. The van der Waals surface area contributed by atoms with Crippen LogP contribution in [0.25, 0.3) is 0 Å². The number of halogens is 1. The second-order valence-corrected chi connectivity index (χ2v) is 2.51. The largest absolute Gasteiger partial charge is 0.387 e. The number of thioether (sulfide) groups is 1. The van der Waals surface area contributed by atoms with Crippen molar-refractivity contribution in [2.75, 3.05) is 6.26 Å². The molecule has 1 atom stereocenters. The summed E-state index contributed by atoms with van der Waals surface area (Å²) in [6.07, 6.45) is 1.94. The lowest BCUT2D eigenvalue weighted by atomic mass is 10.4. The van der Waals surface area contributed by atoms with E-state index in [0.29, 0.717) is 0 Å². The first-order chi connectivity index (χ1) is 3.18. The predicted octanol–water partition coefficient (Wildman–Crippen LogP) is 1.10. The van der Waals surface area contributed by atoms with E-state index in [2.05, 4.69) is 0 Å². The van der Waals surface area contributed by atoms with Gasteiger partial charge in [-0.3, -0.25) is 5.41 Å². The van der Waals surface area contributed by atoms with Gasteiger partial charge in [-0.05, 0) is 13.2 Å². The first kappa shape index (κ1) is 11.0. The molecule has 0 fully saturated rings. The third-order valence-corrected chi connectivity index (χ3v) is 1.75. The number of nitrogens with two attached hydrogens (primary N) is 1. The fraction of sp³-hybridized carbons (Fsp3) is 0.750. The molecule has 0 radical (unpaired) electrons. The van der Waals surface area contributed by atoms with Crippen LogP contribution >= 0.6 is 24.2 Å². The summed E-state index contributed by atoms with van der Waals surface area (Å²) in [5.74, 6) is 0.257. The SMILES string of the molecule is CSC(C)C(=N)N.Cl. The van der Waals surface area contributed by atoms with Crippen molar-refractivity contribution in [1.29, 1.82) is 5.41 Å². The summed E-state index contributed by atoms with van der Waals surface area (Å²) in [4.78, 5) is 0. The lowest BCUT2D eigenvalue weighted by Gasteiger charge is -2.01. The van der Waals surface area contributed by atoms with Crippen LogP contribution in [0.3, 0.4) is 0 Å². The van der Waals surface area contributed by atoms with Gasteiger partial charge in [0, 0.05) is 0 Å². The van der Waals surface area contributed by atoms with Crippen molar-refractivity contribution in [2.24, 2.45) is 5.73 Å². The molecule has 0 rings (SSSR count). The van der Waals surface area contributed by atoms with Crippen LogP contribution in [-0.4, -0.2) is 17.3 Å². The minimum Gasteiger partial charge on any atom is -0.387 e. The molecular weight excluding hydrogens is 144 g/mol. The van der Waals surface area contributed by atoms with Crippen LogP contribution in [0.1, 0.15) is 6.92 Å². The lowest BCUT2D eigenvalue weighted by Crippen LogP contribution is -2.21. The molecule has 0 amide bonds. The molecule has 4 heteroatoms. The summed E-state index contributed by atoms with van der Waals surface area (Å²) in [7, 11) is 0. The molecule has 0 aromatic heterocycles. The van der Waals surface area contributed by atoms with E-state index in [1.54, 1.807) is 11.8 Å². The van der Waals surface area contributed by atoms with Gasteiger partial charge in [-0.2, -0.15) is 11.8 Å². The zero-order valence-corrected chi connectivity index (χ0v) is 6.60. The summed E-state index contributed by atoms with van der Waals surface area (Å²) in [5, 5.41) is 7.04. The van der Waals surface area contributed by atoms with Gasteiger partial charge in [-0.15, -0.1) is 12.4 Å². The van der Waals surface area contributed by atoms with Crippen molar-refractivity contribution in [3.05, 3.63) is 0 Å². The first-order valence-corrected chi connectivity index (χ1v) is 3.34. The van der Waals surface area contributed by atoms with Crippen LogP contribution in [0.15, 0.2) is 0 Å². The minimum absolute atomic E-state index is 0. The van der Waals surface area contributed by atoms with E-state index in [1.807, 2.05) is 13.2 Å². The molecule has 1 unspecified atom stereocenters. The smallest absolute Gasteiger partial charge is 0.104 e. The Morgan fingerprint density at radius 1 is 1.75 bits per heavy atom. The molecule has 0 aliphatic carbocycles. The standard InChI is InChI=1S/C4H10N2S.ClH/c1-3(7-2)4(5)6;/h3H,1-2H3,(H3,5,6);1H. The first-order valence-electron chi connectivity index (χ1n) is 2.05. The van der Waals surface area contributed by atoms with E-state index in [4.69, 9.17) is 11.1 Å². The van der Waals surface area contributed by atoms with Crippen molar-refractivity contribution in [2.45, 2.75) is 12.2 Å². The summed E-state index contributed by atoms with van der Waals surface area (Å²) in [6, 6.07) is 0. The van der Waals surface area contributed by atoms with E-state index in [1.165, 1.54) is 0 Å². The van der Waals surface area contributed by atoms with Gasteiger partial charge in [0.1, 0.15) is 5.84 Å². The van der Waals surface area contributed by atoms with Crippen LogP contribution in [0.4, 0.5) is 0 Å². The van der Waals surface area contributed by atoms with Crippen molar-refractivity contribution in [3.63, 3.8) is 0 Å². The Labute approximate surface area is 60.1 Å². The molecule has 3 N–H and O–H groups in total. The van der Waals surface area contributed by atoms with Gasteiger partial charge >= 0.3 is 0 Å². The van der Waals surface area contributed by atoms with Crippen LogP contribution in [0.2, 0.25) is 0 Å². The number of rotatable bonds is 2. The molecule has 0 spiro atoms. The molecule has 0 saturated heterocycles. The van der Waals surface area contributed by atoms with E-state index < -0.39 is 0 Å². The highest BCUT2D eigenvalue weighted by molar-refractivity contribution is 7.99. The maximum Gasteiger partial charge on any atom is 0.104 e. The highest BCUT2D eigenvalue weighted by Crippen LogP contribution is 2.02. The second-order valence-electron chi connectivity index (χ2n) is 1.33. The lowest BCUT2D eigenvalue weighted by molar-refractivity contribution is 1.23. The molecule has 0 aliphatic heterocycles. The molecule has 0 aromatic rings. The Kier molecular flexibility index (Phi) is 7.21. The summed E-state index contributed by atoms with van der Waals surface area (Å²) < 4.78 is 0. The zero-order chi connectivity index (χ0) is 5.86. The highest BCUT2D eigenvalue weighted by Gasteiger charge is 1.98. The Hall–Kier alpha value is 0.110. The fourth-order valence-corrected chi connectivity index (χ4v) is 0.381. The molecule has 0 heterocycles. The molecule has 0 aliphatic rings. The van der Waals surface area contributed by atoms with Gasteiger partial charge in [0.15, 0.2) is 0 Å². The molecule has 8 heavy (non-hydrogen) atoms. The van der Waals surface area contributed by atoms with Crippen LogP contribution < -0.4 is 5.73 Å². The van der Waals surface area contributed by atoms with E-state index >= 15 is 0 Å². The predicted molar refractivity (Wildman–Crippen MR) is 42.1 cm³/mol. The van der Waals surface area contributed by atoms with Crippen LogP contribution in [0, 0.1) is 5.41 Å². The van der Waals surface area contributed by atoms with Crippen molar-refractivity contribution in [3.8, 4) is 0 Å². The maximum absolute atomic E-state index is 6.86. The van der Waals surface area contributed by atoms with Gasteiger partial charge in [0.25, 0.3) is 0 Å². The Balaban J connectivity index is 0. The van der Waals surface area contributed by atoms with Crippen molar-refractivity contribution < 1.29 is 0 Å². The number of hydrogen-bond donors (Lipinski definition) is 2. The highest BCUT2D eigenvalue weighted by atomic mass is 35.5. The maximum atomic E-state index is 6.86. The fourth-order valence-electron chi connectivity index (χ4n) is 0.127. The van der Waals surface area contributed by atoms with E-state index in [9.17, 15) is 0 Å². The van der Waals surface area contributed by atoms with E-state index in [-0.39, 0.29) is 23.5 Å². The normalized spacial score (nSPS) is 11.8. The third-order valence-electron chi connectivity index (χ3n) is 0.792. The second kappa shape index (κ2) is 5.25. The van der Waals surface area contributed by atoms with Gasteiger partial charge in [-0.25, -0.2) is 0 Å². The number of hydrogen-bond acceptors (Lipinski definition) is 2. The Morgan fingerprint density at radius 2 is 2.12 bits per heavy atom. The molecule has 0 bridgehead atoms. The summed E-state index contributed by atoms with van der Waals surface area (Å²) in [6.45, 7) is 1.91. The van der Waals surface area contributed by atoms with Crippen molar-refractivity contribution >= 4 is 30.0 Å². The number of amidine groups is 1. The Bertz CT molecular complexity index is 76.4. The van der Waals surface area contributed by atoms with E-state index in [0.717, 1.165) is 0 Å². The van der Waals surface area contributed by atoms with Crippen molar-refractivity contribution in [1.82, 2.24) is 0 Å². The average Bonchev–Trinajstić information content (AvgIpc) is 1.65. The number of nitrogens with one attached hydrogen (secondary N) is 1. The van der Waals surface area contributed by atoms with Gasteiger partial charge in [-0.1, -0.05) is 0 Å². The van der Waals surface area contributed by atoms with Gasteiger partial charge in [0.05, 0.1) is 5.25 Å². The quantitative estimate of drug-likeness (QED) is 0.462. The Morgan fingerprint density at radius 3 is 2.12 bits per heavy atom. The van der Waals surface area contributed by atoms with Gasteiger partial charge in [0.2, 0.25) is 0 Å². The van der Waals surface area contributed by atoms with Crippen LogP contribution in [0.5, 0.6) is 0 Å². The topological polar surface area (TPSA) is 49.9 Å². The minimum atomic E-state index is 0. The molecule has 2 nitrogen and oxygen atoms in total. The average molecular weight is 155 g/mol. The summed E-state index contributed by atoms with van der Waals surface area (Å²) >= 11 is 1.58. The summed E-state index contributed by atoms with van der Waals surface area (Å²) in [5.41, 5.74) is 5.11. The van der Waals surface area contributed by atoms with Gasteiger partial charge < -0.3 is 5.73 Å². The molecule has 0 saturated carbocycles. The zero-order valence-electron chi connectivity index (χ0n) is 4.97. The third kappa shape index (κ3) is 4.27. The molecular formula is C4H11ClN2S. The molecule has 0 aromatic carbocycles. The van der Waals surface area contributed by atoms with Crippen LogP contribution in [-0.2, 0) is 0 Å².